The van der Waals surface area contributed by atoms with Crippen molar-refractivity contribution >= 4 is 15.7 Å². The number of sulfone groups is 1. The molecule has 0 unspecified atom stereocenters. The van der Waals surface area contributed by atoms with Gasteiger partial charge in [-0.25, -0.2) is 8.42 Å². The molecule has 0 fully saturated rings. The van der Waals surface area contributed by atoms with E-state index in [1.165, 1.54) is 0 Å². The summed E-state index contributed by atoms with van der Waals surface area (Å²) in [6, 6.07) is 0. The van der Waals surface area contributed by atoms with Gasteiger partial charge < -0.3 is 16.2 Å². The molecule has 14 heavy (non-hydrogen) atoms. The Hall–Kier alpha value is -0.660. The fourth-order valence-electron chi connectivity index (χ4n) is 0.789. The average molecular weight is 224 g/mol. The van der Waals surface area contributed by atoms with Crippen molar-refractivity contribution in [2.24, 2.45) is 5.73 Å². The second-order valence-electron chi connectivity index (χ2n) is 2.76. The molecule has 0 rings (SSSR count). The first-order valence-corrected chi connectivity index (χ1v) is 6.12. The summed E-state index contributed by atoms with van der Waals surface area (Å²) in [5, 5.41) is 10.9. The third-order valence-corrected chi connectivity index (χ3v) is 3.14. The number of carbonyl (C=O) groups excluding carboxylic acids is 1. The lowest BCUT2D eigenvalue weighted by Gasteiger charge is -2.03. The van der Waals surface area contributed by atoms with Crippen molar-refractivity contribution in [1.82, 2.24) is 5.32 Å². The molecule has 4 N–H and O–H groups in total. The van der Waals surface area contributed by atoms with Crippen LogP contribution in [0.15, 0.2) is 0 Å². The number of aliphatic hydroxyl groups is 1. The van der Waals surface area contributed by atoms with Crippen molar-refractivity contribution < 1.29 is 18.3 Å². The van der Waals surface area contributed by atoms with Crippen molar-refractivity contribution in [2.45, 2.75) is 6.42 Å². The first-order chi connectivity index (χ1) is 6.52. The maximum absolute atomic E-state index is 11.0. The van der Waals surface area contributed by atoms with Crippen LogP contribution in [0.1, 0.15) is 6.42 Å². The highest BCUT2D eigenvalue weighted by Gasteiger charge is 2.12. The Balaban J connectivity index is 3.76. The minimum absolute atomic E-state index is 0.0810. The molecule has 0 aromatic rings. The van der Waals surface area contributed by atoms with Crippen molar-refractivity contribution in [1.29, 1.82) is 0 Å². The lowest BCUT2D eigenvalue weighted by atomic mass is 10.4. The van der Waals surface area contributed by atoms with Crippen molar-refractivity contribution in [3.8, 4) is 0 Å². The SMILES string of the molecule is NCCNC(=O)CCS(=O)(=O)CCO. The molecule has 6 nitrogen and oxygen atoms in total. The van der Waals surface area contributed by atoms with E-state index in [-0.39, 0.29) is 23.8 Å². The van der Waals surface area contributed by atoms with Crippen LogP contribution in [0.5, 0.6) is 0 Å². The number of nitrogens with one attached hydrogen (secondary N) is 1. The van der Waals surface area contributed by atoms with E-state index in [4.69, 9.17) is 10.8 Å². The first kappa shape index (κ1) is 13.3. The van der Waals surface area contributed by atoms with E-state index in [1.54, 1.807) is 0 Å². The zero-order valence-corrected chi connectivity index (χ0v) is 8.72. The number of amides is 1. The maximum Gasteiger partial charge on any atom is 0.221 e. The molecule has 0 aromatic carbocycles. The summed E-state index contributed by atoms with van der Waals surface area (Å²) < 4.78 is 22.1. The van der Waals surface area contributed by atoms with Gasteiger partial charge in [0, 0.05) is 19.5 Å². The van der Waals surface area contributed by atoms with E-state index in [2.05, 4.69) is 5.32 Å². The summed E-state index contributed by atoms with van der Waals surface area (Å²) in [5.41, 5.74) is 5.14. The lowest BCUT2D eigenvalue weighted by molar-refractivity contribution is -0.120. The van der Waals surface area contributed by atoms with Gasteiger partial charge in [0.05, 0.1) is 18.1 Å². The molecule has 1 amide bonds. The Kier molecular flexibility index (Phi) is 6.43. The zero-order chi connectivity index (χ0) is 11.0. The molecular formula is C7H16N2O4S. The summed E-state index contributed by atoms with van der Waals surface area (Å²) >= 11 is 0. The number of hydrogen-bond donors (Lipinski definition) is 3. The molecule has 0 radical (unpaired) electrons. The molecule has 0 aliphatic heterocycles. The Labute approximate surface area is 83.4 Å². The summed E-state index contributed by atoms with van der Waals surface area (Å²) in [6.45, 7) is 0.265. The molecule has 0 spiro atoms. The summed E-state index contributed by atoms with van der Waals surface area (Å²) in [7, 11) is -3.29. The number of rotatable bonds is 7. The fourth-order valence-corrected chi connectivity index (χ4v) is 1.77. The molecule has 0 aromatic heterocycles. The molecule has 7 heteroatoms. The smallest absolute Gasteiger partial charge is 0.221 e. The van der Waals surface area contributed by atoms with Crippen LogP contribution >= 0.6 is 0 Å². The van der Waals surface area contributed by atoms with Gasteiger partial charge in [-0.05, 0) is 0 Å². The van der Waals surface area contributed by atoms with Crippen LogP contribution in [0.2, 0.25) is 0 Å². The normalized spacial score (nSPS) is 11.3. The highest BCUT2D eigenvalue weighted by atomic mass is 32.2. The fraction of sp³-hybridized carbons (Fsp3) is 0.857. The third kappa shape index (κ3) is 6.81. The minimum atomic E-state index is -3.29. The van der Waals surface area contributed by atoms with E-state index in [9.17, 15) is 13.2 Å². The van der Waals surface area contributed by atoms with Crippen molar-refractivity contribution in [3.05, 3.63) is 0 Å². The largest absolute Gasteiger partial charge is 0.395 e. The summed E-state index contributed by atoms with van der Waals surface area (Å²) in [5.74, 6) is -0.863. The van der Waals surface area contributed by atoms with Gasteiger partial charge in [0.2, 0.25) is 5.91 Å². The first-order valence-electron chi connectivity index (χ1n) is 4.30. The van der Waals surface area contributed by atoms with Crippen molar-refractivity contribution in [3.63, 3.8) is 0 Å². The molecule has 0 atom stereocenters. The third-order valence-electron chi connectivity index (χ3n) is 1.51. The van der Waals surface area contributed by atoms with Gasteiger partial charge >= 0.3 is 0 Å². The quantitative estimate of drug-likeness (QED) is 0.457. The number of aliphatic hydroxyl groups excluding tert-OH is 1. The van der Waals surface area contributed by atoms with Gasteiger partial charge in [0.1, 0.15) is 0 Å². The standard InChI is InChI=1S/C7H16N2O4S/c8-2-3-9-7(11)1-5-14(12,13)6-4-10/h10H,1-6,8H2,(H,9,11). The molecule has 0 heterocycles. The van der Waals surface area contributed by atoms with Gasteiger partial charge in [0.25, 0.3) is 0 Å². The molecule has 84 valence electrons. The van der Waals surface area contributed by atoms with Gasteiger partial charge in [0.15, 0.2) is 9.84 Å². The lowest BCUT2D eigenvalue weighted by Crippen LogP contribution is -2.30. The zero-order valence-electron chi connectivity index (χ0n) is 7.90. The monoisotopic (exact) mass is 224 g/mol. The number of nitrogens with two attached hydrogens (primary N) is 1. The molecule has 0 saturated carbocycles. The van der Waals surface area contributed by atoms with Gasteiger partial charge in [-0.3, -0.25) is 4.79 Å². The Morgan fingerprint density at radius 3 is 2.50 bits per heavy atom. The van der Waals surface area contributed by atoms with E-state index in [1.807, 2.05) is 0 Å². The predicted octanol–water partition coefficient (Wildman–Crippen LogP) is -2.14. The van der Waals surface area contributed by atoms with Crippen LogP contribution in [-0.4, -0.2) is 50.6 Å². The van der Waals surface area contributed by atoms with E-state index in [0.717, 1.165) is 0 Å². The van der Waals surface area contributed by atoms with Crippen LogP contribution < -0.4 is 11.1 Å². The van der Waals surface area contributed by atoms with Gasteiger partial charge in [-0.2, -0.15) is 0 Å². The number of hydrogen-bond acceptors (Lipinski definition) is 5. The minimum Gasteiger partial charge on any atom is -0.395 e. The highest BCUT2D eigenvalue weighted by Crippen LogP contribution is 1.93. The molecule has 0 aliphatic carbocycles. The molecular weight excluding hydrogens is 208 g/mol. The second kappa shape index (κ2) is 6.74. The summed E-state index contributed by atoms with van der Waals surface area (Å²) in [4.78, 5) is 11.0. The van der Waals surface area contributed by atoms with Crippen LogP contribution in [0.4, 0.5) is 0 Å². The van der Waals surface area contributed by atoms with Crippen molar-refractivity contribution in [2.75, 3.05) is 31.2 Å². The van der Waals surface area contributed by atoms with Crippen LogP contribution in [-0.2, 0) is 14.6 Å². The molecule has 0 saturated heterocycles. The summed E-state index contributed by atoms with van der Waals surface area (Å²) in [6.07, 6.45) is -0.0810. The van der Waals surface area contributed by atoms with Crippen LogP contribution in [0.3, 0.4) is 0 Å². The van der Waals surface area contributed by atoms with E-state index in [0.29, 0.717) is 13.1 Å². The highest BCUT2D eigenvalue weighted by molar-refractivity contribution is 7.91. The van der Waals surface area contributed by atoms with Crippen LogP contribution in [0.25, 0.3) is 0 Å². The number of carbonyl (C=O) groups is 1. The van der Waals surface area contributed by atoms with Gasteiger partial charge in [-0.15, -0.1) is 0 Å². The Morgan fingerprint density at radius 2 is 2.00 bits per heavy atom. The molecule has 0 aliphatic rings. The second-order valence-corrected chi connectivity index (χ2v) is 5.07. The molecule has 0 bridgehead atoms. The topological polar surface area (TPSA) is 109 Å². The Bertz CT molecular complexity index is 263. The van der Waals surface area contributed by atoms with Crippen LogP contribution in [0, 0.1) is 0 Å². The van der Waals surface area contributed by atoms with E-state index < -0.39 is 16.4 Å². The van der Waals surface area contributed by atoms with Gasteiger partial charge in [-0.1, -0.05) is 0 Å². The average Bonchev–Trinajstić information content (AvgIpc) is 2.11. The predicted molar refractivity (Wildman–Crippen MR) is 52.4 cm³/mol. The van der Waals surface area contributed by atoms with E-state index >= 15 is 0 Å². The maximum atomic E-state index is 11.0. The Morgan fingerprint density at radius 1 is 1.36 bits per heavy atom.